The van der Waals surface area contributed by atoms with Gasteiger partial charge in [-0.25, -0.2) is 0 Å². The fraction of sp³-hybridized carbons (Fsp3) is 0.500. The predicted molar refractivity (Wildman–Crippen MR) is 89.1 cm³/mol. The topological polar surface area (TPSA) is 88.7 Å². The van der Waals surface area contributed by atoms with Crippen LogP contribution in [0, 0.1) is 0 Å². The Bertz CT molecular complexity index is 489. The summed E-state index contributed by atoms with van der Waals surface area (Å²) < 4.78 is 5.23. The van der Waals surface area contributed by atoms with Gasteiger partial charge in [0, 0.05) is 38.9 Å². The highest BCUT2D eigenvalue weighted by atomic mass is 16.5. The second kappa shape index (κ2) is 10.6. The third kappa shape index (κ3) is 7.08. The van der Waals surface area contributed by atoms with Gasteiger partial charge < -0.3 is 21.1 Å². The molecule has 122 valence electrons. The summed E-state index contributed by atoms with van der Waals surface area (Å²) in [6.45, 7) is 4.74. The maximum absolute atomic E-state index is 11.6. The van der Waals surface area contributed by atoms with Crippen molar-refractivity contribution < 1.29 is 9.53 Å². The predicted octanol–water partition coefficient (Wildman–Crippen LogP) is 0.920. The maximum Gasteiger partial charge on any atom is 0.251 e. The summed E-state index contributed by atoms with van der Waals surface area (Å²) in [4.78, 5) is 15.8. The number of ether oxygens (including phenoxy) is 1. The van der Waals surface area contributed by atoms with Crippen molar-refractivity contribution in [2.24, 2.45) is 10.7 Å². The molecule has 0 bridgehead atoms. The third-order valence-electron chi connectivity index (χ3n) is 3.07. The average molecular weight is 306 g/mol. The number of rotatable bonds is 9. The molecule has 0 aliphatic carbocycles. The van der Waals surface area contributed by atoms with Crippen LogP contribution >= 0.6 is 0 Å². The molecule has 0 saturated heterocycles. The number of amides is 1. The molecule has 0 aromatic heterocycles. The molecule has 4 N–H and O–H groups in total. The minimum atomic E-state index is -0.0785. The molecular formula is C16H26N4O2. The summed E-state index contributed by atoms with van der Waals surface area (Å²) in [5, 5.41) is 5.69. The lowest BCUT2D eigenvalue weighted by atomic mass is 10.1. The Morgan fingerprint density at radius 3 is 2.95 bits per heavy atom. The Hall–Kier alpha value is -2.08. The molecule has 1 rings (SSSR count). The van der Waals surface area contributed by atoms with Gasteiger partial charge in [-0.3, -0.25) is 9.79 Å². The van der Waals surface area contributed by atoms with Crippen LogP contribution in [0.25, 0.3) is 0 Å². The summed E-state index contributed by atoms with van der Waals surface area (Å²) in [5.41, 5.74) is 7.53. The summed E-state index contributed by atoms with van der Waals surface area (Å²) >= 11 is 0. The molecule has 1 aromatic carbocycles. The van der Waals surface area contributed by atoms with E-state index in [1.807, 2.05) is 25.1 Å². The molecule has 6 heteroatoms. The van der Waals surface area contributed by atoms with Gasteiger partial charge in [-0.2, -0.15) is 0 Å². The lowest BCUT2D eigenvalue weighted by Crippen LogP contribution is -2.33. The van der Waals surface area contributed by atoms with Crippen LogP contribution in [0.5, 0.6) is 0 Å². The normalized spacial score (nSPS) is 11.3. The SMILES string of the molecule is CCOCCCN=C(N)NCCc1cccc(C(=O)NC)c1. The quantitative estimate of drug-likeness (QED) is 0.359. The van der Waals surface area contributed by atoms with Gasteiger partial charge in [-0.1, -0.05) is 12.1 Å². The summed E-state index contributed by atoms with van der Waals surface area (Å²) in [7, 11) is 1.62. The smallest absolute Gasteiger partial charge is 0.251 e. The van der Waals surface area contributed by atoms with E-state index in [0.717, 1.165) is 25.0 Å². The number of benzene rings is 1. The molecule has 0 spiro atoms. The Morgan fingerprint density at radius 1 is 1.41 bits per heavy atom. The molecular weight excluding hydrogens is 280 g/mol. The van der Waals surface area contributed by atoms with Crippen LogP contribution in [0.15, 0.2) is 29.3 Å². The van der Waals surface area contributed by atoms with Crippen molar-refractivity contribution in [3.05, 3.63) is 35.4 Å². The van der Waals surface area contributed by atoms with E-state index < -0.39 is 0 Å². The first-order valence-electron chi connectivity index (χ1n) is 7.60. The van der Waals surface area contributed by atoms with Gasteiger partial charge in [0.2, 0.25) is 0 Å². The number of hydrogen-bond donors (Lipinski definition) is 3. The van der Waals surface area contributed by atoms with Crippen molar-refractivity contribution in [2.45, 2.75) is 19.8 Å². The van der Waals surface area contributed by atoms with E-state index >= 15 is 0 Å². The fourth-order valence-electron chi connectivity index (χ4n) is 1.91. The molecule has 0 radical (unpaired) electrons. The van der Waals surface area contributed by atoms with E-state index in [9.17, 15) is 4.79 Å². The fourth-order valence-corrected chi connectivity index (χ4v) is 1.91. The molecule has 0 atom stereocenters. The highest BCUT2D eigenvalue weighted by Gasteiger charge is 2.03. The number of aliphatic imine (C=N–C) groups is 1. The van der Waals surface area contributed by atoms with Gasteiger partial charge in [-0.05, 0) is 37.5 Å². The van der Waals surface area contributed by atoms with Crippen molar-refractivity contribution in [3.8, 4) is 0 Å². The molecule has 22 heavy (non-hydrogen) atoms. The largest absolute Gasteiger partial charge is 0.382 e. The van der Waals surface area contributed by atoms with Crippen LogP contribution < -0.4 is 16.4 Å². The summed E-state index contributed by atoms with van der Waals surface area (Å²) in [5.74, 6) is 0.365. The lowest BCUT2D eigenvalue weighted by Gasteiger charge is -2.07. The first-order valence-corrected chi connectivity index (χ1v) is 7.60. The molecule has 0 aliphatic heterocycles. The van der Waals surface area contributed by atoms with E-state index in [0.29, 0.717) is 31.2 Å². The van der Waals surface area contributed by atoms with E-state index in [4.69, 9.17) is 10.5 Å². The lowest BCUT2D eigenvalue weighted by molar-refractivity contribution is 0.0963. The maximum atomic E-state index is 11.6. The van der Waals surface area contributed by atoms with Crippen molar-refractivity contribution in [1.82, 2.24) is 10.6 Å². The highest BCUT2D eigenvalue weighted by Crippen LogP contribution is 2.05. The molecule has 1 amide bonds. The second-order valence-electron chi connectivity index (χ2n) is 4.77. The third-order valence-corrected chi connectivity index (χ3v) is 3.07. The van der Waals surface area contributed by atoms with Gasteiger partial charge in [0.15, 0.2) is 5.96 Å². The number of nitrogens with one attached hydrogen (secondary N) is 2. The molecule has 0 heterocycles. The number of nitrogens with zero attached hydrogens (tertiary/aromatic N) is 1. The van der Waals surface area contributed by atoms with E-state index in [1.165, 1.54) is 0 Å². The number of guanidine groups is 1. The van der Waals surface area contributed by atoms with Crippen LogP contribution in [0.3, 0.4) is 0 Å². The Morgan fingerprint density at radius 2 is 2.23 bits per heavy atom. The monoisotopic (exact) mass is 306 g/mol. The molecule has 1 aromatic rings. The zero-order chi connectivity index (χ0) is 16.2. The number of carbonyl (C=O) groups excluding carboxylic acids is 1. The molecule has 6 nitrogen and oxygen atoms in total. The molecule has 0 unspecified atom stereocenters. The van der Waals surface area contributed by atoms with Crippen LogP contribution in [0.1, 0.15) is 29.3 Å². The molecule has 0 saturated carbocycles. The van der Waals surface area contributed by atoms with Crippen LogP contribution in [0.2, 0.25) is 0 Å². The Kier molecular flexibility index (Phi) is 8.67. The van der Waals surface area contributed by atoms with Gasteiger partial charge in [0.1, 0.15) is 0 Å². The molecule has 0 fully saturated rings. The zero-order valence-electron chi connectivity index (χ0n) is 13.4. The zero-order valence-corrected chi connectivity index (χ0v) is 13.4. The Balaban J connectivity index is 2.31. The first-order chi connectivity index (χ1) is 10.7. The van der Waals surface area contributed by atoms with E-state index in [2.05, 4.69) is 15.6 Å². The van der Waals surface area contributed by atoms with Gasteiger partial charge in [0.25, 0.3) is 5.91 Å². The summed E-state index contributed by atoms with van der Waals surface area (Å²) in [6.07, 6.45) is 1.64. The van der Waals surface area contributed by atoms with Crippen molar-refractivity contribution in [2.75, 3.05) is 33.4 Å². The van der Waals surface area contributed by atoms with Gasteiger partial charge in [0.05, 0.1) is 0 Å². The molecule has 0 aliphatic rings. The minimum absolute atomic E-state index is 0.0785. The number of carbonyl (C=O) groups is 1. The van der Waals surface area contributed by atoms with Gasteiger partial charge >= 0.3 is 0 Å². The van der Waals surface area contributed by atoms with Crippen LogP contribution in [0.4, 0.5) is 0 Å². The average Bonchev–Trinajstić information content (AvgIpc) is 2.54. The first kappa shape index (κ1) is 18.0. The van der Waals surface area contributed by atoms with Crippen molar-refractivity contribution in [3.63, 3.8) is 0 Å². The van der Waals surface area contributed by atoms with Gasteiger partial charge in [-0.15, -0.1) is 0 Å². The number of hydrogen-bond acceptors (Lipinski definition) is 3. The van der Waals surface area contributed by atoms with Crippen LogP contribution in [-0.2, 0) is 11.2 Å². The number of nitrogens with two attached hydrogens (primary N) is 1. The van der Waals surface area contributed by atoms with E-state index in [-0.39, 0.29) is 5.91 Å². The highest BCUT2D eigenvalue weighted by molar-refractivity contribution is 5.94. The Labute approximate surface area is 132 Å². The summed E-state index contributed by atoms with van der Waals surface area (Å²) in [6, 6.07) is 7.55. The van der Waals surface area contributed by atoms with Crippen LogP contribution in [-0.4, -0.2) is 45.2 Å². The second-order valence-corrected chi connectivity index (χ2v) is 4.77. The van der Waals surface area contributed by atoms with E-state index in [1.54, 1.807) is 13.1 Å². The standard InChI is InChI=1S/C16H26N4O2/c1-3-22-11-5-9-19-16(17)20-10-8-13-6-4-7-14(12-13)15(21)18-2/h4,6-7,12H,3,5,8-11H2,1-2H3,(H,18,21)(H3,17,19,20). The minimum Gasteiger partial charge on any atom is -0.382 e. The van der Waals surface area contributed by atoms with Crippen molar-refractivity contribution in [1.29, 1.82) is 0 Å². The van der Waals surface area contributed by atoms with Crippen molar-refractivity contribution >= 4 is 11.9 Å².